The van der Waals surface area contributed by atoms with Crippen LogP contribution in [0.5, 0.6) is 0 Å². The Morgan fingerprint density at radius 1 is 1.40 bits per heavy atom. The van der Waals surface area contributed by atoms with E-state index >= 15 is 0 Å². The van der Waals surface area contributed by atoms with Crippen LogP contribution in [0.15, 0.2) is 28.7 Å². The second kappa shape index (κ2) is 6.58. The van der Waals surface area contributed by atoms with Crippen LogP contribution in [0.2, 0.25) is 0 Å². The lowest BCUT2D eigenvalue weighted by molar-refractivity contribution is 0.0954. The number of hydrogen-bond donors (Lipinski definition) is 2. The van der Waals surface area contributed by atoms with Crippen molar-refractivity contribution in [2.75, 3.05) is 19.6 Å². The fourth-order valence-corrected chi connectivity index (χ4v) is 1.57. The maximum Gasteiger partial charge on any atom is 0.251 e. The minimum Gasteiger partial charge on any atom is -0.351 e. The third-order valence-electron chi connectivity index (χ3n) is 1.92. The Kier molecular flexibility index (Phi) is 5.36. The molecule has 0 spiro atoms. The topological polar surface area (TPSA) is 41.1 Å². The Hall–Kier alpha value is -0.870. The predicted molar refractivity (Wildman–Crippen MR) is 65.0 cm³/mol. The Balaban J connectivity index is 2.40. The first kappa shape index (κ1) is 12.2. The molecule has 0 aliphatic carbocycles. The van der Waals surface area contributed by atoms with Gasteiger partial charge in [0.1, 0.15) is 0 Å². The predicted octanol–water partition coefficient (Wildman–Crippen LogP) is 1.79. The number of amides is 1. The molecule has 0 saturated carbocycles. The molecular formula is C11H15BrN2O. The first-order valence-corrected chi connectivity index (χ1v) is 5.78. The van der Waals surface area contributed by atoms with E-state index in [1.54, 1.807) is 6.07 Å². The Morgan fingerprint density at radius 3 is 2.87 bits per heavy atom. The monoisotopic (exact) mass is 270 g/mol. The van der Waals surface area contributed by atoms with Crippen molar-refractivity contribution in [2.45, 2.75) is 6.92 Å². The smallest absolute Gasteiger partial charge is 0.251 e. The lowest BCUT2D eigenvalue weighted by Crippen LogP contribution is -2.31. The van der Waals surface area contributed by atoms with Crippen LogP contribution in [0.1, 0.15) is 17.3 Å². The number of benzene rings is 1. The summed E-state index contributed by atoms with van der Waals surface area (Å²) in [6.45, 7) is 4.41. The van der Waals surface area contributed by atoms with E-state index in [4.69, 9.17) is 0 Å². The van der Waals surface area contributed by atoms with E-state index in [-0.39, 0.29) is 5.91 Å². The van der Waals surface area contributed by atoms with Gasteiger partial charge in [0, 0.05) is 23.1 Å². The summed E-state index contributed by atoms with van der Waals surface area (Å²) < 4.78 is 0.918. The quantitative estimate of drug-likeness (QED) is 0.802. The number of carbonyl (C=O) groups is 1. The summed E-state index contributed by atoms with van der Waals surface area (Å²) in [4.78, 5) is 11.6. The average molecular weight is 271 g/mol. The molecule has 4 heteroatoms. The molecule has 0 aliphatic heterocycles. The Morgan fingerprint density at radius 2 is 2.20 bits per heavy atom. The van der Waals surface area contributed by atoms with E-state index in [9.17, 15) is 4.79 Å². The van der Waals surface area contributed by atoms with Gasteiger partial charge in [-0.05, 0) is 24.7 Å². The van der Waals surface area contributed by atoms with Crippen molar-refractivity contribution in [1.82, 2.24) is 10.6 Å². The molecule has 0 aliphatic rings. The molecule has 0 fully saturated rings. The van der Waals surface area contributed by atoms with Crippen LogP contribution in [0.4, 0.5) is 0 Å². The molecule has 2 N–H and O–H groups in total. The molecule has 15 heavy (non-hydrogen) atoms. The minimum atomic E-state index is -0.0331. The fraction of sp³-hybridized carbons (Fsp3) is 0.364. The summed E-state index contributed by atoms with van der Waals surface area (Å²) in [6, 6.07) is 7.36. The lowest BCUT2D eigenvalue weighted by Gasteiger charge is -2.05. The summed E-state index contributed by atoms with van der Waals surface area (Å²) in [5.41, 5.74) is 0.681. The minimum absolute atomic E-state index is 0.0331. The second-order valence-corrected chi connectivity index (χ2v) is 4.04. The summed E-state index contributed by atoms with van der Waals surface area (Å²) in [5, 5.41) is 5.98. The number of carbonyl (C=O) groups excluding carboxylic acids is 1. The second-order valence-electron chi connectivity index (χ2n) is 3.12. The summed E-state index contributed by atoms with van der Waals surface area (Å²) in [6.07, 6.45) is 0. The molecule has 1 aromatic carbocycles. The molecule has 3 nitrogen and oxygen atoms in total. The third-order valence-corrected chi connectivity index (χ3v) is 2.42. The zero-order valence-electron chi connectivity index (χ0n) is 8.72. The average Bonchev–Trinajstić information content (AvgIpc) is 2.24. The van der Waals surface area contributed by atoms with Crippen LogP contribution < -0.4 is 10.6 Å². The molecule has 0 unspecified atom stereocenters. The van der Waals surface area contributed by atoms with E-state index in [1.165, 1.54) is 0 Å². The van der Waals surface area contributed by atoms with Crippen LogP contribution in [-0.2, 0) is 0 Å². The van der Waals surface area contributed by atoms with Crippen molar-refractivity contribution in [1.29, 1.82) is 0 Å². The standard InChI is InChI=1S/C11H15BrN2O/c1-2-13-6-7-14-11(15)9-4-3-5-10(12)8-9/h3-5,8,13H,2,6-7H2,1H3,(H,14,15). The van der Waals surface area contributed by atoms with E-state index in [2.05, 4.69) is 26.6 Å². The number of rotatable bonds is 5. The number of nitrogens with one attached hydrogen (secondary N) is 2. The van der Waals surface area contributed by atoms with Crippen LogP contribution in [0.3, 0.4) is 0 Å². The van der Waals surface area contributed by atoms with Gasteiger partial charge in [0.2, 0.25) is 0 Å². The first-order chi connectivity index (χ1) is 7.24. The van der Waals surface area contributed by atoms with Crippen molar-refractivity contribution in [3.05, 3.63) is 34.3 Å². The van der Waals surface area contributed by atoms with Crippen LogP contribution in [-0.4, -0.2) is 25.5 Å². The van der Waals surface area contributed by atoms with Crippen molar-refractivity contribution < 1.29 is 4.79 Å². The van der Waals surface area contributed by atoms with Crippen LogP contribution in [0, 0.1) is 0 Å². The zero-order chi connectivity index (χ0) is 11.1. The molecule has 0 radical (unpaired) electrons. The molecule has 0 heterocycles. The molecule has 1 rings (SSSR count). The lowest BCUT2D eigenvalue weighted by atomic mass is 10.2. The first-order valence-electron chi connectivity index (χ1n) is 4.98. The summed E-state index contributed by atoms with van der Waals surface area (Å²) >= 11 is 3.33. The molecule has 1 aromatic rings. The maximum atomic E-state index is 11.6. The van der Waals surface area contributed by atoms with Gasteiger partial charge in [-0.25, -0.2) is 0 Å². The van der Waals surface area contributed by atoms with Crippen LogP contribution in [0.25, 0.3) is 0 Å². The largest absolute Gasteiger partial charge is 0.351 e. The van der Waals surface area contributed by atoms with Gasteiger partial charge in [-0.2, -0.15) is 0 Å². The molecule has 82 valence electrons. The zero-order valence-corrected chi connectivity index (χ0v) is 10.3. The molecular weight excluding hydrogens is 256 g/mol. The molecule has 0 aromatic heterocycles. The van der Waals surface area contributed by atoms with Gasteiger partial charge in [0.15, 0.2) is 0 Å². The van der Waals surface area contributed by atoms with Gasteiger partial charge in [0.05, 0.1) is 0 Å². The summed E-state index contributed by atoms with van der Waals surface area (Å²) in [7, 11) is 0. The van der Waals surface area contributed by atoms with Crippen molar-refractivity contribution in [3.63, 3.8) is 0 Å². The van der Waals surface area contributed by atoms with E-state index in [0.717, 1.165) is 17.6 Å². The Labute approximate surface area is 98.4 Å². The number of likely N-dealkylation sites (N-methyl/N-ethyl adjacent to an activating group) is 1. The van der Waals surface area contributed by atoms with Gasteiger partial charge >= 0.3 is 0 Å². The molecule has 0 bridgehead atoms. The van der Waals surface area contributed by atoms with Gasteiger partial charge < -0.3 is 10.6 Å². The van der Waals surface area contributed by atoms with E-state index in [0.29, 0.717) is 12.1 Å². The highest BCUT2D eigenvalue weighted by molar-refractivity contribution is 9.10. The van der Waals surface area contributed by atoms with Crippen molar-refractivity contribution in [3.8, 4) is 0 Å². The van der Waals surface area contributed by atoms with Gasteiger partial charge in [-0.1, -0.05) is 28.9 Å². The van der Waals surface area contributed by atoms with Crippen molar-refractivity contribution in [2.24, 2.45) is 0 Å². The van der Waals surface area contributed by atoms with E-state index < -0.39 is 0 Å². The molecule has 0 saturated heterocycles. The van der Waals surface area contributed by atoms with Gasteiger partial charge in [-0.15, -0.1) is 0 Å². The third kappa shape index (κ3) is 4.44. The highest BCUT2D eigenvalue weighted by atomic mass is 79.9. The Bertz CT molecular complexity index is 328. The van der Waals surface area contributed by atoms with Crippen LogP contribution >= 0.6 is 15.9 Å². The highest BCUT2D eigenvalue weighted by Gasteiger charge is 2.03. The highest BCUT2D eigenvalue weighted by Crippen LogP contribution is 2.11. The van der Waals surface area contributed by atoms with Crippen molar-refractivity contribution >= 4 is 21.8 Å². The van der Waals surface area contributed by atoms with Gasteiger partial charge in [-0.3, -0.25) is 4.79 Å². The molecule has 1 amide bonds. The SMILES string of the molecule is CCNCCNC(=O)c1cccc(Br)c1. The molecule has 0 atom stereocenters. The van der Waals surface area contributed by atoms with E-state index in [1.807, 2.05) is 25.1 Å². The maximum absolute atomic E-state index is 11.6. The number of hydrogen-bond acceptors (Lipinski definition) is 2. The summed E-state index contributed by atoms with van der Waals surface area (Å²) in [5.74, 6) is -0.0331. The number of halogens is 1. The normalized spacial score (nSPS) is 10.0. The van der Waals surface area contributed by atoms with Gasteiger partial charge in [0.25, 0.3) is 5.91 Å². The fourth-order valence-electron chi connectivity index (χ4n) is 1.17.